The number of hydrogen-bond acceptors (Lipinski definition) is 3. The number of methoxy groups -OCH3 is 1. The van der Waals surface area contributed by atoms with Crippen LogP contribution in [-0.4, -0.2) is 25.8 Å². The number of rotatable bonds is 2. The fraction of sp³-hybridized carbons (Fsp3) is 0.800. The maximum Gasteiger partial charge on any atom is 0.510 e. The molecule has 0 amide bonds. The maximum atomic E-state index is 12.1. The van der Waals surface area contributed by atoms with Gasteiger partial charge in [0.05, 0.1) is 7.11 Å². The Bertz CT molecular complexity index is 155. The zero-order valence-corrected chi connectivity index (χ0v) is 6.02. The van der Waals surface area contributed by atoms with Gasteiger partial charge in [-0.2, -0.15) is 13.2 Å². The summed E-state index contributed by atoms with van der Waals surface area (Å²) >= 11 is 0. The summed E-state index contributed by atoms with van der Waals surface area (Å²) in [5.74, 6) is 0. The van der Waals surface area contributed by atoms with E-state index >= 15 is 0 Å². The minimum Gasteiger partial charge on any atom is -0.438 e. The van der Waals surface area contributed by atoms with Crippen LogP contribution in [0.1, 0.15) is 6.42 Å². The van der Waals surface area contributed by atoms with E-state index in [1.54, 1.807) is 0 Å². The smallest absolute Gasteiger partial charge is 0.438 e. The van der Waals surface area contributed by atoms with Gasteiger partial charge < -0.3 is 9.47 Å². The van der Waals surface area contributed by atoms with Gasteiger partial charge in [0.15, 0.2) is 0 Å². The second-order valence-corrected chi connectivity index (χ2v) is 1.80. The molecule has 0 aliphatic heterocycles. The van der Waals surface area contributed by atoms with Crippen molar-refractivity contribution in [2.24, 2.45) is 0 Å². The van der Waals surface area contributed by atoms with E-state index in [2.05, 4.69) is 9.47 Å². The predicted molar refractivity (Wildman–Crippen MR) is 29.1 cm³/mol. The van der Waals surface area contributed by atoms with Crippen LogP contribution in [0.15, 0.2) is 0 Å². The molecule has 3 nitrogen and oxygen atoms in total. The molecule has 1 atom stereocenters. The number of carbonyl (C=O) groups is 1. The molecule has 72 valence electrons. The summed E-state index contributed by atoms with van der Waals surface area (Å²) < 4.78 is 53.6. The van der Waals surface area contributed by atoms with Crippen LogP contribution >= 0.6 is 0 Å². The quantitative estimate of drug-likeness (QED) is 0.493. The van der Waals surface area contributed by atoms with Gasteiger partial charge in [-0.3, -0.25) is 0 Å². The summed E-state index contributed by atoms with van der Waals surface area (Å²) in [6, 6.07) is 0. The standard InChI is InChI=1S/C5H6F4O3/c1-11-4(10)12-3(6)2-5(7,8)9/h3H,2H2,1H3. The average Bonchev–Trinajstić information content (AvgIpc) is 1.82. The number of ether oxygens (including phenoxy) is 2. The lowest BCUT2D eigenvalue weighted by Crippen LogP contribution is -2.21. The van der Waals surface area contributed by atoms with E-state index in [1.165, 1.54) is 0 Å². The van der Waals surface area contributed by atoms with Crippen molar-refractivity contribution < 1.29 is 31.8 Å². The van der Waals surface area contributed by atoms with Crippen molar-refractivity contribution in [1.82, 2.24) is 0 Å². The molecule has 0 bridgehead atoms. The van der Waals surface area contributed by atoms with Crippen molar-refractivity contribution in [2.45, 2.75) is 19.0 Å². The summed E-state index contributed by atoms with van der Waals surface area (Å²) in [7, 11) is 0.864. The van der Waals surface area contributed by atoms with Crippen LogP contribution in [-0.2, 0) is 9.47 Å². The molecule has 0 aliphatic rings. The molecule has 0 spiro atoms. The first kappa shape index (κ1) is 11.0. The van der Waals surface area contributed by atoms with E-state index < -0.39 is 25.1 Å². The van der Waals surface area contributed by atoms with Crippen molar-refractivity contribution in [3.63, 3.8) is 0 Å². The first-order valence-electron chi connectivity index (χ1n) is 2.80. The van der Waals surface area contributed by atoms with Crippen LogP contribution < -0.4 is 0 Å². The van der Waals surface area contributed by atoms with Gasteiger partial charge in [-0.05, 0) is 0 Å². The largest absolute Gasteiger partial charge is 0.510 e. The Balaban J connectivity index is 3.74. The molecule has 1 unspecified atom stereocenters. The Labute approximate surface area is 65.2 Å². The van der Waals surface area contributed by atoms with Gasteiger partial charge in [0.25, 0.3) is 6.36 Å². The SMILES string of the molecule is COC(=O)OC(F)CC(F)(F)F. The van der Waals surface area contributed by atoms with Gasteiger partial charge in [0.1, 0.15) is 6.42 Å². The fourth-order valence-corrected chi connectivity index (χ4v) is 0.376. The summed E-state index contributed by atoms with van der Waals surface area (Å²) in [6.45, 7) is 0. The molecule has 0 saturated carbocycles. The van der Waals surface area contributed by atoms with Crippen molar-refractivity contribution in [3.05, 3.63) is 0 Å². The molecule has 0 N–H and O–H groups in total. The van der Waals surface area contributed by atoms with Crippen molar-refractivity contribution in [1.29, 1.82) is 0 Å². The maximum absolute atomic E-state index is 12.1. The highest BCUT2D eigenvalue weighted by molar-refractivity contribution is 5.59. The summed E-state index contributed by atoms with van der Waals surface area (Å²) in [5.41, 5.74) is 0. The lowest BCUT2D eigenvalue weighted by molar-refractivity contribution is -0.174. The van der Waals surface area contributed by atoms with Gasteiger partial charge in [-0.15, -0.1) is 0 Å². The van der Waals surface area contributed by atoms with Crippen molar-refractivity contribution in [2.75, 3.05) is 7.11 Å². The number of alkyl halides is 4. The van der Waals surface area contributed by atoms with Crippen LogP contribution in [0, 0.1) is 0 Å². The van der Waals surface area contributed by atoms with Gasteiger partial charge in [-0.25, -0.2) is 9.18 Å². The third kappa shape index (κ3) is 5.75. The molecule has 0 fully saturated rings. The van der Waals surface area contributed by atoms with Crippen LogP contribution in [0.2, 0.25) is 0 Å². The Kier molecular flexibility index (Phi) is 3.78. The van der Waals surface area contributed by atoms with Crippen molar-refractivity contribution in [3.8, 4) is 0 Å². The fourth-order valence-electron chi connectivity index (χ4n) is 0.376. The lowest BCUT2D eigenvalue weighted by atomic mass is 10.4. The Hall–Kier alpha value is -1.01. The molecule has 12 heavy (non-hydrogen) atoms. The third-order valence-corrected chi connectivity index (χ3v) is 0.783. The molecule has 0 aromatic rings. The number of halogens is 4. The van der Waals surface area contributed by atoms with Crippen LogP contribution in [0.4, 0.5) is 22.4 Å². The normalized spacial score (nSPS) is 13.8. The monoisotopic (exact) mass is 190 g/mol. The van der Waals surface area contributed by atoms with E-state index in [1.807, 2.05) is 0 Å². The molecular formula is C5H6F4O3. The van der Waals surface area contributed by atoms with Crippen LogP contribution in [0.3, 0.4) is 0 Å². The zero-order chi connectivity index (χ0) is 9.78. The van der Waals surface area contributed by atoms with E-state index in [4.69, 9.17) is 0 Å². The first-order chi connectivity index (χ1) is 5.35. The molecule has 7 heteroatoms. The van der Waals surface area contributed by atoms with Crippen LogP contribution in [0.25, 0.3) is 0 Å². The van der Waals surface area contributed by atoms with E-state index in [-0.39, 0.29) is 0 Å². The van der Waals surface area contributed by atoms with Gasteiger partial charge in [-0.1, -0.05) is 0 Å². The summed E-state index contributed by atoms with van der Waals surface area (Å²) in [4.78, 5) is 10.1. The molecule has 0 aromatic heterocycles. The van der Waals surface area contributed by atoms with E-state index in [0.29, 0.717) is 0 Å². The van der Waals surface area contributed by atoms with Crippen LogP contribution in [0.5, 0.6) is 0 Å². The predicted octanol–water partition coefficient (Wildman–Crippen LogP) is 2.02. The van der Waals surface area contributed by atoms with Gasteiger partial charge in [0.2, 0.25) is 0 Å². The summed E-state index contributed by atoms with van der Waals surface area (Å²) in [6.07, 6.45) is -10.7. The summed E-state index contributed by atoms with van der Waals surface area (Å²) in [5, 5.41) is 0. The highest BCUT2D eigenvalue weighted by atomic mass is 19.4. The average molecular weight is 190 g/mol. The molecule has 0 heterocycles. The molecule has 0 saturated heterocycles. The Morgan fingerprint density at radius 1 is 1.50 bits per heavy atom. The molecule has 0 aliphatic carbocycles. The van der Waals surface area contributed by atoms with Crippen molar-refractivity contribution >= 4 is 6.16 Å². The van der Waals surface area contributed by atoms with Gasteiger partial charge >= 0.3 is 12.3 Å². The van der Waals surface area contributed by atoms with E-state index in [9.17, 15) is 22.4 Å². The highest BCUT2D eigenvalue weighted by Crippen LogP contribution is 2.23. The molecule has 0 rings (SSSR count). The molecule has 0 aromatic carbocycles. The topological polar surface area (TPSA) is 35.5 Å². The Morgan fingerprint density at radius 3 is 2.33 bits per heavy atom. The number of hydrogen-bond donors (Lipinski definition) is 0. The first-order valence-corrected chi connectivity index (χ1v) is 2.80. The minimum atomic E-state index is -4.70. The second kappa shape index (κ2) is 4.13. The lowest BCUT2D eigenvalue weighted by Gasteiger charge is -2.10. The number of carbonyl (C=O) groups excluding carboxylic acids is 1. The second-order valence-electron chi connectivity index (χ2n) is 1.80. The highest BCUT2D eigenvalue weighted by Gasteiger charge is 2.34. The zero-order valence-electron chi connectivity index (χ0n) is 6.02. The third-order valence-electron chi connectivity index (χ3n) is 0.783. The molecule has 0 radical (unpaired) electrons. The van der Waals surface area contributed by atoms with Gasteiger partial charge in [0, 0.05) is 0 Å². The van der Waals surface area contributed by atoms with E-state index in [0.717, 1.165) is 7.11 Å². The Morgan fingerprint density at radius 2 is 2.00 bits per heavy atom. The minimum absolute atomic E-state index is 0.864. The molecular weight excluding hydrogens is 184 g/mol.